The van der Waals surface area contributed by atoms with Crippen LogP contribution in [0.5, 0.6) is 0 Å². The maximum absolute atomic E-state index is 11.3. The van der Waals surface area contributed by atoms with Crippen molar-refractivity contribution in [3.63, 3.8) is 0 Å². The zero-order chi connectivity index (χ0) is 12.1. The van der Waals surface area contributed by atoms with Crippen molar-refractivity contribution in [1.29, 1.82) is 0 Å². The van der Waals surface area contributed by atoms with Crippen LogP contribution in [-0.2, 0) is 4.79 Å². The molecule has 0 aromatic carbocycles. The van der Waals surface area contributed by atoms with Gasteiger partial charge >= 0.3 is 0 Å². The summed E-state index contributed by atoms with van der Waals surface area (Å²) in [5.74, 6) is 0.526. The average Bonchev–Trinajstić information content (AvgIpc) is 2.24. The minimum Gasteiger partial charge on any atom is -0.399 e. The average molecular weight is 243 g/mol. The highest BCUT2D eigenvalue weighted by atomic mass is 35.5. The van der Waals surface area contributed by atoms with E-state index in [0.717, 1.165) is 0 Å². The predicted molar refractivity (Wildman–Crippen MR) is 65.6 cm³/mol. The lowest BCUT2D eigenvalue weighted by molar-refractivity contribution is -0.119. The second-order valence-corrected chi connectivity index (χ2v) is 3.66. The quantitative estimate of drug-likeness (QED) is 0.770. The second kappa shape index (κ2) is 5.55. The third-order valence-electron chi connectivity index (χ3n) is 2.12. The molecule has 1 amide bonds. The van der Waals surface area contributed by atoms with Crippen LogP contribution in [0, 0.1) is 0 Å². The first-order valence-electron chi connectivity index (χ1n) is 4.95. The fraction of sp³-hybridized carbons (Fsp3) is 0.400. The number of nitrogen functional groups attached to an aromatic ring is 1. The first-order chi connectivity index (χ1) is 7.56. The van der Waals surface area contributed by atoms with Gasteiger partial charge in [-0.2, -0.15) is 0 Å². The number of nitrogens with zero attached hydrogens (tertiary/aromatic N) is 2. The third-order valence-corrected chi connectivity index (χ3v) is 2.32. The number of likely N-dealkylation sites (N-methyl/N-ethyl adjacent to an activating group) is 2. The summed E-state index contributed by atoms with van der Waals surface area (Å²) in [4.78, 5) is 17.2. The van der Waals surface area contributed by atoms with E-state index >= 15 is 0 Å². The molecule has 0 aliphatic rings. The molecule has 1 aromatic heterocycles. The van der Waals surface area contributed by atoms with Crippen LogP contribution in [0.25, 0.3) is 0 Å². The number of pyridine rings is 1. The molecule has 0 aliphatic carbocycles. The van der Waals surface area contributed by atoms with Crippen molar-refractivity contribution >= 4 is 29.0 Å². The standard InChI is InChI=1S/C10H15ClN4O/c1-3-15(6-10(16)13-2)9-5-7(12)4-8(11)14-9/h4-5H,3,6H2,1-2H3,(H2,12,14)(H,13,16). The number of anilines is 2. The van der Waals surface area contributed by atoms with Gasteiger partial charge in [-0.05, 0) is 13.0 Å². The minimum atomic E-state index is -0.0813. The Bertz CT molecular complexity index is 363. The number of nitrogens with one attached hydrogen (secondary N) is 1. The van der Waals surface area contributed by atoms with Crippen LogP contribution in [0.2, 0.25) is 5.15 Å². The van der Waals surface area contributed by atoms with Crippen LogP contribution < -0.4 is 16.0 Å². The number of amides is 1. The van der Waals surface area contributed by atoms with Crippen molar-refractivity contribution in [1.82, 2.24) is 10.3 Å². The van der Waals surface area contributed by atoms with E-state index in [2.05, 4.69) is 10.3 Å². The van der Waals surface area contributed by atoms with Crippen molar-refractivity contribution in [2.75, 3.05) is 30.8 Å². The van der Waals surface area contributed by atoms with E-state index < -0.39 is 0 Å². The van der Waals surface area contributed by atoms with E-state index in [4.69, 9.17) is 17.3 Å². The fourth-order valence-corrected chi connectivity index (χ4v) is 1.48. The van der Waals surface area contributed by atoms with Crippen LogP contribution in [0.15, 0.2) is 12.1 Å². The van der Waals surface area contributed by atoms with E-state index in [0.29, 0.717) is 23.2 Å². The number of aromatic nitrogens is 1. The molecule has 0 unspecified atom stereocenters. The van der Waals surface area contributed by atoms with Gasteiger partial charge in [0.05, 0.1) is 6.54 Å². The van der Waals surface area contributed by atoms with E-state index in [1.165, 1.54) is 0 Å². The Morgan fingerprint density at radius 1 is 1.62 bits per heavy atom. The molecule has 0 fully saturated rings. The Morgan fingerprint density at radius 3 is 2.81 bits per heavy atom. The number of carbonyl (C=O) groups excluding carboxylic acids is 1. The Morgan fingerprint density at radius 2 is 2.31 bits per heavy atom. The SMILES string of the molecule is CCN(CC(=O)NC)c1cc(N)cc(Cl)n1. The number of rotatable bonds is 4. The molecule has 0 saturated heterocycles. The van der Waals surface area contributed by atoms with Gasteiger partial charge < -0.3 is 16.0 Å². The highest BCUT2D eigenvalue weighted by Crippen LogP contribution is 2.19. The Hall–Kier alpha value is -1.49. The molecule has 1 aromatic rings. The summed E-state index contributed by atoms with van der Waals surface area (Å²) >= 11 is 5.80. The van der Waals surface area contributed by atoms with Crippen LogP contribution >= 0.6 is 11.6 Å². The van der Waals surface area contributed by atoms with Crippen molar-refractivity contribution in [2.45, 2.75) is 6.92 Å². The number of nitrogens with two attached hydrogens (primary N) is 1. The van der Waals surface area contributed by atoms with Gasteiger partial charge in [0.25, 0.3) is 0 Å². The summed E-state index contributed by atoms with van der Waals surface area (Å²) < 4.78 is 0. The van der Waals surface area contributed by atoms with Crippen LogP contribution in [0.4, 0.5) is 11.5 Å². The molecule has 1 heterocycles. The maximum atomic E-state index is 11.3. The minimum absolute atomic E-state index is 0.0813. The first kappa shape index (κ1) is 12.6. The summed E-state index contributed by atoms with van der Waals surface area (Å²) in [7, 11) is 1.59. The molecule has 16 heavy (non-hydrogen) atoms. The normalized spacial score (nSPS) is 9.94. The lowest BCUT2D eigenvalue weighted by Crippen LogP contribution is -2.36. The summed E-state index contributed by atoms with van der Waals surface area (Å²) in [6.07, 6.45) is 0. The molecule has 0 radical (unpaired) electrons. The number of hydrogen-bond acceptors (Lipinski definition) is 4. The molecule has 0 atom stereocenters. The maximum Gasteiger partial charge on any atom is 0.239 e. The topological polar surface area (TPSA) is 71.2 Å². The predicted octanol–water partition coefficient (Wildman–Crippen LogP) is 0.889. The number of halogens is 1. The summed E-state index contributed by atoms with van der Waals surface area (Å²) in [6.45, 7) is 2.82. The van der Waals surface area contributed by atoms with Crippen molar-refractivity contribution in [2.24, 2.45) is 0 Å². The molecular formula is C10H15ClN4O. The summed E-state index contributed by atoms with van der Waals surface area (Å²) in [5, 5.41) is 2.88. The summed E-state index contributed by atoms with van der Waals surface area (Å²) in [5.41, 5.74) is 6.20. The van der Waals surface area contributed by atoms with Crippen LogP contribution in [0.1, 0.15) is 6.92 Å². The van der Waals surface area contributed by atoms with Gasteiger partial charge in [0.1, 0.15) is 11.0 Å². The van der Waals surface area contributed by atoms with Crippen molar-refractivity contribution in [3.05, 3.63) is 17.3 Å². The van der Waals surface area contributed by atoms with Crippen LogP contribution in [-0.4, -0.2) is 31.0 Å². The molecule has 88 valence electrons. The molecule has 5 nitrogen and oxygen atoms in total. The molecule has 0 aliphatic heterocycles. The largest absolute Gasteiger partial charge is 0.399 e. The number of carbonyl (C=O) groups is 1. The Labute approximate surface area is 99.6 Å². The molecule has 1 rings (SSSR count). The van der Waals surface area contributed by atoms with E-state index in [1.807, 2.05) is 6.92 Å². The Balaban J connectivity index is 2.90. The third kappa shape index (κ3) is 3.27. The monoisotopic (exact) mass is 242 g/mol. The number of hydrogen-bond donors (Lipinski definition) is 2. The van der Waals surface area contributed by atoms with Gasteiger partial charge in [0.2, 0.25) is 5.91 Å². The van der Waals surface area contributed by atoms with Gasteiger partial charge in [0.15, 0.2) is 0 Å². The van der Waals surface area contributed by atoms with E-state index in [1.54, 1.807) is 24.1 Å². The smallest absolute Gasteiger partial charge is 0.239 e. The van der Waals surface area contributed by atoms with E-state index in [-0.39, 0.29) is 12.5 Å². The van der Waals surface area contributed by atoms with Gasteiger partial charge in [0, 0.05) is 25.3 Å². The van der Waals surface area contributed by atoms with Gasteiger partial charge in [-0.25, -0.2) is 4.98 Å². The summed E-state index contributed by atoms with van der Waals surface area (Å²) in [6, 6.07) is 3.26. The molecule has 0 bridgehead atoms. The van der Waals surface area contributed by atoms with Gasteiger partial charge in [-0.1, -0.05) is 11.6 Å². The highest BCUT2D eigenvalue weighted by molar-refractivity contribution is 6.29. The van der Waals surface area contributed by atoms with Gasteiger partial charge in [-0.15, -0.1) is 0 Å². The van der Waals surface area contributed by atoms with Crippen LogP contribution in [0.3, 0.4) is 0 Å². The van der Waals surface area contributed by atoms with Crippen molar-refractivity contribution in [3.8, 4) is 0 Å². The lowest BCUT2D eigenvalue weighted by atomic mass is 10.3. The zero-order valence-corrected chi connectivity index (χ0v) is 10.1. The van der Waals surface area contributed by atoms with Crippen molar-refractivity contribution < 1.29 is 4.79 Å². The molecule has 0 saturated carbocycles. The lowest BCUT2D eigenvalue weighted by Gasteiger charge is -2.21. The fourth-order valence-electron chi connectivity index (χ4n) is 1.27. The molecule has 0 spiro atoms. The first-order valence-corrected chi connectivity index (χ1v) is 5.33. The highest BCUT2D eigenvalue weighted by Gasteiger charge is 2.11. The Kier molecular flexibility index (Phi) is 4.37. The zero-order valence-electron chi connectivity index (χ0n) is 9.33. The van der Waals surface area contributed by atoms with Gasteiger partial charge in [-0.3, -0.25) is 4.79 Å². The second-order valence-electron chi connectivity index (χ2n) is 3.27. The molecule has 6 heteroatoms. The molecular weight excluding hydrogens is 228 g/mol. The molecule has 3 N–H and O–H groups in total. The van der Waals surface area contributed by atoms with E-state index in [9.17, 15) is 4.79 Å².